The zero-order chi connectivity index (χ0) is 80.0. The van der Waals surface area contributed by atoms with Gasteiger partial charge in [0.1, 0.15) is 74.1 Å². The molecule has 0 aliphatic carbocycles. The van der Waals surface area contributed by atoms with Crippen molar-refractivity contribution in [2.75, 3.05) is 281 Å². The first-order valence-electron chi connectivity index (χ1n) is 38.9. The van der Waals surface area contributed by atoms with Crippen LogP contribution in [0.25, 0.3) is 69.8 Å². The molecule has 0 aliphatic heterocycles. The molecule has 0 aliphatic rings. The number of rotatable bonds is 69. The van der Waals surface area contributed by atoms with Crippen LogP contribution in [0.1, 0.15) is 33.4 Å². The summed E-state index contributed by atoms with van der Waals surface area (Å²) in [4.78, 5) is 0. The van der Waals surface area contributed by atoms with Crippen LogP contribution in [-0.4, -0.2) is 281 Å². The van der Waals surface area contributed by atoms with E-state index < -0.39 is 0 Å². The predicted molar refractivity (Wildman–Crippen MR) is 443 cm³/mol. The Hall–Kier alpha value is -8.16. The standard InChI is InChI=1S/C90H120O24/c1-91-25-31-97-37-43-103-49-55-109-85-61-76(62-86(70-85)110-56-50-104-44-38-98-32-26-92-2)10-7-73-13-19-79(20-14-73)82-67-83(80-21-15-74(16-22-80)8-11-77-63-87(111-57-51-105-45-39-99-33-27-93-3)71-88(64-77)112-58-52-106-46-40-100-34-28-94-4)69-84(68-82)81-23-17-75(18-24-81)9-12-78-65-89(113-59-53-107-47-41-101-35-29-95-5)72-90(66-78)114-60-54-108-48-42-102-36-30-96-6/h7-24,61-72H,25-60H2,1-6H3/b10-7+,11-8+,12-9+. The molecule has 0 radical (unpaired) electrons. The first kappa shape index (κ1) is 93.0. The molecule has 0 saturated heterocycles. The quantitative estimate of drug-likeness (QED) is 0.0255. The van der Waals surface area contributed by atoms with Gasteiger partial charge >= 0.3 is 0 Å². The van der Waals surface area contributed by atoms with E-state index in [9.17, 15) is 0 Å². The van der Waals surface area contributed by atoms with E-state index in [0.717, 1.165) is 66.8 Å². The van der Waals surface area contributed by atoms with Gasteiger partial charge < -0.3 is 114 Å². The third-order valence-corrected chi connectivity index (χ3v) is 16.6. The topological polar surface area (TPSA) is 222 Å². The summed E-state index contributed by atoms with van der Waals surface area (Å²) in [7, 11) is 9.88. The van der Waals surface area contributed by atoms with Crippen LogP contribution in [0.3, 0.4) is 0 Å². The Bertz CT molecular complexity index is 3170. The minimum atomic E-state index is 0.345. The second kappa shape index (κ2) is 61.3. The molecule has 0 spiro atoms. The maximum Gasteiger partial charge on any atom is 0.123 e. The summed E-state index contributed by atoms with van der Waals surface area (Å²) in [6.45, 7) is 16.2. The van der Waals surface area contributed by atoms with E-state index >= 15 is 0 Å². The van der Waals surface area contributed by atoms with Crippen molar-refractivity contribution < 1.29 is 114 Å². The van der Waals surface area contributed by atoms with E-state index in [-0.39, 0.29) is 0 Å². The van der Waals surface area contributed by atoms with Crippen LogP contribution in [0, 0.1) is 0 Å². The van der Waals surface area contributed by atoms with Crippen LogP contribution in [0.4, 0.5) is 0 Å². The van der Waals surface area contributed by atoms with Crippen molar-refractivity contribution in [2.24, 2.45) is 0 Å². The molecule has 7 aromatic rings. The number of ether oxygens (including phenoxy) is 24. The maximum atomic E-state index is 6.20. The minimum Gasteiger partial charge on any atom is -0.491 e. The van der Waals surface area contributed by atoms with E-state index in [2.05, 4.69) is 127 Å². The molecule has 24 nitrogen and oxygen atoms in total. The van der Waals surface area contributed by atoms with E-state index in [1.165, 1.54) is 0 Å². The average molecular weight is 1590 g/mol. The lowest BCUT2D eigenvalue weighted by molar-refractivity contribution is 0.0174. The van der Waals surface area contributed by atoms with E-state index in [1.807, 2.05) is 54.6 Å². The Morgan fingerprint density at radius 3 is 0.465 bits per heavy atom. The summed E-state index contributed by atoms with van der Waals surface area (Å²) >= 11 is 0. The third kappa shape index (κ3) is 41.4. The number of benzene rings is 7. The predicted octanol–water partition coefficient (Wildman–Crippen LogP) is 13.5. The van der Waals surface area contributed by atoms with Gasteiger partial charge in [0.05, 0.1) is 198 Å². The van der Waals surface area contributed by atoms with Gasteiger partial charge in [0.2, 0.25) is 0 Å². The van der Waals surface area contributed by atoms with Crippen LogP contribution in [0.2, 0.25) is 0 Å². The summed E-state index contributed by atoms with van der Waals surface area (Å²) in [6.07, 6.45) is 12.4. The van der Waals surface area contributed by atoms with Crippen LogP contribution in [-0.2, 0) is 85.3 Å². The van der Waals surface area contributed by atoms with Crippen LogP contribution >= 0.6 is 0 Å². The highest BCUT2D eigenvalue weighted by Crippen LogP contribution is 2.35. The molecule has 0 bridgehead atoms. The largest absolute Gasteiger partial charge is 0.491 e. The van der Waals surface area contributed by atoms with Gasteiger partial charge in [-0.2, -0.15) is 0 Å². The zero-order valence-electron chi connectivity index (χ0n) is 67.6. The average Bonchev–Trinajstić information content (AvgIpc) is 0.798. The fourth-order valence-electron chi connectivity index (χ4n) is 10.7. The lowest BCUT2D eigenvalue weighted by Crippen LogP contribution is -2.13. The molecule has 0 fully saturated rings. The van der Waals surface area contributed by atoms with Crippen molar-refractivity contribution in [1.82, 2.24) is 0 Å². The Kier molecular flexibility index (Phi) is 50.0. The van der Waals surface area contributed by atoms with Crippen LogP contribution in [0.5, 0.6) is 34.5 Å². The first-order valence-corrected chi connectivity index (χ1v) is 38.9. The molecule has 0 amide bonds. The number of methoxy groups -OCH3 is 6. The molecule has 0 saturated carbocycles. The number of hydrogen-bond acceptors (Lipinski definition) is 24. The van der Waals surface area contributed by atoms with E-state index in [0.29, 0.717) is 272 Å². The summed E-state index contributed by atoms with van der Waals surface area (Å²) in [5, 5.41) is 0. The molecular formula is C90H120O24. The van der Waals surface area contributed by atoms with Gasteiger partial charge in [0, 0.05) is 60.9 Å². The molecule has 24 heteroatoms. The molecule has 0 unspecified atom stereocenters. The van der Waals surface area contributed by atoms with Gasteiger partial charge in [0.25, 0.3) is 0 Å². The smallest absolute Gasteiger partial charge is 0.123 e. The monoisotopic (exact) mass is 1580 g/mol. The maximum absolute atomic E-state index is 6.20. The van der Waals surface area contributed by atoms with E-state index in [4.69, 9.17) is 114 Å². The Morgan fingerprint density at radius 1 is 0.149 bits per heavy atom. The Balaban J connectivity index is 1.12. The SMILES string of the molecule is COCCOCCOCCOc1cc(/C=C/c2ccc(-c3cc(-c4ccc(/C=C/c5cc(OCCOCCOCCOC)cc(OCCOCCOCCOC)c5)cc4)cc(-c4ccc(/C=C/c5cc(OCCOCCOCCOC)cc(OCCOCCOCCOC)c5)cc4)c3)cc2)cc(OCCOCCOCCOC)c1. The second-order valence-electron chi connectivity index (χ2n) is 25.3. The lowest BCUT2D eigenvalue weighted by Gasteiger charge is -2.13. The van der Waals surface area contributed by atoms with Gasteiger partial charge in [-0.15, -0.1) is 0 Å². The molecule has 7 aromatic carbocycles. The lowest BCUT2D eigenvalue weighted by atomic mass is 9.92. The minimum absolute atomic E-state index is 0.345. The van der Waals surface area contributed by atoms with Crippen molar-refractivity contribution in [2.45, 2.75) is 0 Å². The molecule has 624 valence electrons. The molecule has 7 rings (SSSR count). The van der Waals surface area contributed by atoms with E-state index in [1.54, 1.807) is 42.7 Å². The highest BCUT2D eigenvalue weighted by atomic mass is 16.6. The van der Waals surface area contributed by atoms with Gasteiger partial charge in [0.15, 0.2) is 0 Å². The molecule has 0 atom stereocenters. The van der Waals surface area contributed by atoms with Gasteiger partial charge in [-0.3, -0.25) is 0 Å². The second-order valence-corrected chi connectivity index (χ2v) is 25.3. The summed E-state index contributed by atoms with van der Waals surface area (Å²) in [5.41, 5.74) is 12.0. The van der Waals surface area contributed by atoms with Crippen molar-refractivity contribution >= 4 is 36.5 Å². The highest BCUT2D eigenvalue weighted by Gasteiger charge is 2.12. The molecule has 0 heterocycles. The van der Waals surface area contributed by atoms with Gasteiger partial charge in [-0.1, -0.05) is 109 Å². The molecular weight excluding hydrogens is 1460 g/mol. The summed E-state index contributed by atoms with van der Waals surface area (Å²) < 4.78 is 135. The van der Waals surface area contributed by atoms with Crippen molar-refractivity contribution in [3.63, 3.8) is 0 Å². The molecule has 0 aromatic heterocycles. The van der Waals surface area contributed by atoms with Crippen LogP contribution in [0.15, 0.2) is 146 Å². The Morgan fingerprint density at radius 2 is 0.298 bits per heavy atom. The van der Waals surface area contributed by atoms with Gasteiger partial charge in [-0.25, -0.2) is 0 Å². The fourth-order valence-corrected chi connectivity index (χ4v) is 10.7. The summed E-state index contributed by atoms with van der Waals surface area (Å²) in [6, 6.07) is 50.1. The Labute approximate surface area is 674 Å². The first-order chi connectivity index (χ1) is 56.3. The van der Waals surface area contributed by atoms with Gasteiger partial charge in [-0.05, 0) is 121 Å². The zero-order valence-corrected chi connectivity index (χ0v) is 67.6. The third-order valence-electron chi connectivity index (χ3n) is 16.6. The van der Waals surface area contributed by atoms with Crippen LogP contribution < -0.4 is 28.4 Å². The molecule has 114 heavy (non-hydrogen) atoms. The normalized spacial score (nSPS) is 11.6. The van der Waals surface area contributed by atoms with Crippen molar-refractivity contribution in [3.05, 3.63) is 179 Å². The highest BCUT2D eigenvalue weighted by molar-refractivity contribution is 5.83. The summed E-state index contributed by atoms with van der Waals surface area (Å²) in [5.74, 6) is 3.91. The molecule has 0 N–H and O–H groups in total. The van der Waals surface area contributed by atoms with Crippen molar-refractivity contribution in [3.8, 4) is 67.9 Å². The fraction of sp³-hybridized carbons (Fsp3) is 0.467. The number of hydrogen-bond donors (Lipinski definition) is 0. The van der Waals surface area contributed by atoms with Crippen molar-refractivity contribution in [1.29, 1.82) is 0 Å².